The number of nitrogens with one attached hydrogen (secondary N) is 1. The number of hydrogen-bond acceptors (Lipinski definition) is 4. The fourth-order valence-corrected chi connectivity index (χ4v) is 5.65. The lowest BCUT2D eigenvalue weighted by Crippen LogP contribution is -2.31. The van der Waals surface area contributed by atoms with E-state index in [1.54, 1.807) is 12.1 Å². The maximum absolute atomic E-state index is 14.8. The monoisotopic (exact) mass is 524 g/mol. The topological polar surface area (TPSA) is 70.5 Å². The third kappa shape index (κ3) is 4.37. The smallest absolute Gasteiger partial charge is 0.262 e. The summed E-state index contributed by atoms with van der Waals surface area (Å²) in [7, 11) is 0. The summed E-state index contributed by atoms with van der Waals surface area (Å²) in [5, 5.41) is 7.24. The fourth-order valence-electron chi connectivity index (χ4n) is 5.40. The van der Waals surface area contributed by atoms with Gasteiger partial charge in [0.2, 0.25) is 5.91 Å². The Labute approximate surface area is 224 Å². The molecule has 6 rings (SSSR count). The number of nitrogens with zero attached hydrogens (tertiary/aromatic N) is 4. The van der Waals surface area contributed by atoms with E-state index in [1.165, 1.54) is 19.1 Å². The van der Waals surface area contributed by atoms with Crippen molar-refractivity contribution in [3.05, 3.63) is 58.9 Å². The Balaban J connectivity index is 1.48. The third-order valence-corrected chi connectivity index (χ3v) is 7.99. The molecule has 0 bridgehead atoms. The molecule has 1 saturated heterocycles. The third-order valence-electron chi connectivity index (χ3n) is 7.67. The minimum absolute atomic E-state index is 0.158. The van der Waals surface area contributed by atoms with E-state index in [9.17, 15) is 14.0 Å². The normalized spacial score (nSPS) is 21.9. The molecule has 1 N–H and O–H groups in total. The second kappa shape index (κ2) is 9.17. The molecule has 3 fully saturated rings. The highest BCUT2D eigenvalue weighted by Crippen LogP contribution is 2.49. The molecular weight excluding hydrogens is 493 g/mol. The first-order valence-electron chi connectivity index (χ1n) is 14.1. The van der Waals surface area contributed by atoms with Crippen LogP contribution in [0.3, 0.4) is 0 Å². The van der Waals surface area contributed by atoms with Crippen molar-refractivity contribution >= 4 is 40.6 Å². The number of hydrogen-bond donors (Lipinski definition) is 1. The number of anilines is 3. The Kier molecular flexibility index (Phi) is 5.12. The second-order valence-corrected chi connectivity index (χ2v) is 10.6. The van der Waals surface area contributed by atoms with Crippen molar-refractivity contribution in [3.8, 4) is 11.3 Å². The van der Waals surface area contributed by atoms with Crippen LogP contribution in [-0.4, -0.2) is 41.7 Å². The summed E-state index contributed by atoms with van der Waals surface area (Å²) >= 11 is 6.19. The average molecular weight is 525 g/mol. The van der Waals surface area contributed by atoms with Crippen molar-refractivity contribution in [1.82, 2.24) is 9.78 Å². The molecule has 0 spiro atoms. The van der Waals surface area contributed by atoms with Gasteiger partial charge in [0.25, 0.3) is 5.91 Å². The molecule has 192 valence electrons. The molecule has 7 nitrogen and oxygen atoms in total. The number of amides is 2. The summed E-state index contributed by atoms with van der Waals surface area (Å²) in [6.07, 6.45) is 4.17. The SMILES string of the molecule is [2H]C([2H])([2H])N(C(=O)c1c(F)cccc1Cl)c1ccc(-c2cc(NC(C)=O)nn2C2CCC2)cc1N1CC2CC2C1. The quantitative estimate of drug-likeness (QED) is 0.445. The number of benzene rings is 2. The summed E-state index contributed by atoms with van der Waals surface area (Å²) in [5.41, 5.74) is 1.81. The van der Waals surface area contributed by atoms with Gasteiger partial charge < -0.3 is 15.1 Å². The highest BCUT2D eigenvalue weighted by Gasteiger charge is 2.45. The van der Waals surface area contributed by atoms with E-state index in [4.69, 9.17) is 15.7 Å². The molecular formula is C28H29ClFN5O2. The molecule has 3 aliphatic rings. The van der Waals surface area contributed by atoms with E-state index in [-0.39, 0.29) is 22.7 Å². The number of piperidine rings is 1. The van der Waals surface area contributed by atoms with E-state index < -0.39 is 24.3 Å². The number of halogens is 2. The Hall–Kier alpha value is -3.39. The Morgan fingerprint density at radius 3 is 2.62 bits per heavy atom. The van der Waals surface area contributed by atoms with Gasteiger partial charge in [0.05, 0.1) is 33.7 Å². The lowest BCUT2D eigenvalue weighted by Gasteiger charge is -2.30. The zero-order chi connectivity index (χ0) is 28.3. The maximum Gasteiger partial charge on any atom is 0.262 e. The first kappa shape index (κ1) is 20.6. The van der Waals surface area contributed by atoms with Gasteiger partial charge in [0.15, 0.2) is 5.82 Å². The lowest BCUT2D eigenvalue weighted by atomic mass is 9.93. The van der Waals surface area contributed by atoms with Gasteiger partial charge in [-0.2, -0.15) is 5.10 Å². The predicted molar refractivity (Wildman–Crippen MR) is 143 cm³/mol. The molecule has 3 aromatic rings. The zero-order valence-corrected chi connectivity index (χ0v) is 21.1. The van der Waals surface area contributed by atoms with Crippen molar-refractivity contribution in [3.63, 3.8) is 0 Å². The molecule has 9 heteroatoms. The highest BCUT2D eigenvalue weighted by atomic mass is 35.5. The predicted octanol–water partition coefficient (Wildman–Crippen LogP) is 5.76. The molecule has 1 aliphatic heterocycles. The molecule has 1 aromatic heterocycles. The molecule has 2 unspecified atom stereocenters. The first-order chi connectivity index (χ1) is 19.0. The van der Waals surface area contributed by atoms with E-state index in [0.29, 0.717) is 28.2 Å². The molecule has 37 heavy (non-hydrogen) atoms. The van der Waals surface area contributed by atoms with Gasteiger partial charge >= 0.3 is 0 Å². The van der Waals surface area contributed by atoms with E-state index in [2.05, 4.69) is 15.3 Å². The first-order valence-corrected chi connectivity index (χ1v) is 12.9. The van der Waals surface area contributed by atoms with Crippen LogP contribution in [0, 0.1) is 17.7 Å². The lowest BCUT2D eigenvalue weighted by molar-refractivity contribution is -0.114. The Morgan fingerprint density at radius 2 is 1.97 bits per heavy atom. The van der Waals surface area contributed by atoms with Crippen LogP contribution in [0.25, 0.3) is 11.3 Å². The van der Waals surface area contributed by atoms with Crippen molar-refractivity contribution in [2.24, 2.45) is 11.8 Å². The Bertz CT molecular complexity index is 1480. The van der Waals surface area contributed by atoms with Crippen LogP contribution >= 0.6 is 11.6 Å². The van der Waals surface area contributed by atoms with Crippen LogP contribution in [0.5, 0.6) is 0 Å². The van der Waals surface area contributed by atoms with Crippen molar-refractivity contribution in [2.45, 2.75) is 38.6 Å². The minimum atomic E-state index is -2.91. The van der Waals surface area contributed by atoms with Crippen LogP contribution < -0.4 is 15.1 Å². The van der Waals surface area contributed by atoms with Crippen LogP contribution in [0.2, 0.25) is 5.02 Å². The zero-order valence-electron chi connectivity index (χ0n) is 23.4. The van der Waals surface area contributed by atoms with Gasteiger partial charge in [-0.25, -0.2) is 4.39 Å². The van der Waals surface area contributed by atoms with Gasteiger partial charge in [-0.1, -0.05) is 23.7 Å². The van der Waals surface area contributed by atoms with Gasteiger partial charge in [0, 0.05) is 42.7 Å². The average Bonchev–Trinajstić information content (AvgIpc) is 3.23. The van der Waals surface area contributed by atoms with E-state index >= 15 is 0 Å². The molecule has 2 amide bonds. The van der Waals surface area contributed by atoms with Crippen molar-refractivity contribution in [1.29, 1.82) is 0 Å². The summed E-state index contributed by atoms with van der Waals surface area (Å²) in [4.78, 5) is 28.2. The van der Waals surface area contributed by atoms with Gasteiger partial charge in [0.1, 0.15) is 5.82 Å². The highest BCUT2D eigenvalue weighted by molar-refractivity contribution is 6.34. The van der Waals surface area contributed by atoms with E-state index in [0.717, 1.165) is 56.1 Å². The van der Waals surface area contributed by atoms with Crippen molar-refractivity contribution < 1.29 is 18.1 Å². The number of aromatic nitrogens is 2. The molecule has 2 saturated carbocycles. The maximum atomic E-state index is 14.8. The van der Waals surface area contributed by atoms with Crippen molar-refractivity contribution in [2.75, 3.05) is 35.2 Å². The second-order valence-electron chi connectivity index (χ2n) is 10.2. The van der Waals surface area contributed by atoms with Crippen LogP contribution in [0.4, 0.5) is 21.6 Å². The van der Waals surface area contributed by atoms with Gasteiger partial charge in [-0.3, -0.25) is 14.3 Å². The number of carbonyl (C=O) groups excluding carboxylic acids is 2. The van der Waals surface area contributed by atoms with Crippen LogP contribution in [-0.2, 0) is 4.79 Å². The number of carbonyl (C=O) groups is 2. The van der Waals surface area contributed by atoms with Gasteiger partial charge in [-0.15, -0.1) is 0 Å². The molecule has 0 radical (unpaired) electrons. The summed E-state index contributed by atoms with van der Waals surface area (Å²) in [6, 6.07) is 11.0. The summed E-state index contributed by atoms with van der Waals surface area (Å²) in [5.74, 6) is -0.648. The number of fused-ring (bicyclic) bond motifs is 1. The van der Waals surface area contributed by atoms with Crippen LogP contribution in [0.1, 0.15) is 53.1 Å². The largest absolute Gasteiger partial charge is 0.369 e. The standard InChI is InChI=1S/C28H29ClFN5O2/c1-16(36)31-26-13-24(35(32-26)20-5-3-6-20)17-9-10-23(25(12-17)34-14-18-11-19(18)15-34)33(2)28(37)27-21(29)7-4-8-22(27)30/h4,7-10,12-13,18-20H,3,5-6,11,14-15H2,1-2H3,(H,31,32,36)/i2D3. The Morgan fingerprint density at radius 1 is 1.19 bits per heavy atom. The summed E-state index contributed by atoms with van der Waals surface area (Å²) in [6.45, 7) is -0.00295. The number of rotatable bonds is 6. The minimum Gasteiger partial charge on any atom is -0.369 e. The van der Waals surface area contributed by atoms with E-state index in [1.807, 2.05) is 16.8 Å². The van der Waals surface area contributed by atoms with Crippen LogP contribution in [0.15, 0.2) is 42.5 Å². The molecule has 2 aromatic carbocycles. The summed E-state index contributed by atoms with van der Waals surface area (Å²) < 4.78 is 41.5. The van der Waals surface area contributed by atoms with Gasteiger partial charge in [-0.05, 0) is 61.8 Å². The molecule has 2 atom stereocenters. The molecule has 2 aliphatic carbocycles. The molecule has 2 heterocycles. The fraction of sp³-hybridized carbons (Fsp3) is 0.393.